The van der Waals surface area contributed by atoms with Gasteiger partial charge in [-0.1, -0.05) is 20.8 Å². The van der Waals surface area contributed by atoms with Crippen molar-refractivity contribution in [2.24, 2.45) is 5.92 Å². The highest BCUT2D eigenvalue weighted by Crippen LogP contribution is 2.39. The molecule has 34 heavy (non-hydrogen) atoms. The van der Waals surface area contributed by atoms with Crippen molar-refractivity contribution in [2.75, 3.05) is 5.75 Å². The summed E-state index contributed by atoms with van der Waals surface area (Å²) in [6.45, 7) is 11.9. The minimum atomic E-state index is -2.17. The first-order valence-electron chi connectivity index (χ1n) is 10.6. The molecule has 0 aromatic heterocycles. The van der Waals surface area contributed by atoms with E-state index >= 15 is 0 Å². The van der Waals surface area contributed by atoms with Gasteiger partial charge in [0.25, 0.3) is 5.69 Å². The largest absolute Gasteiger partial charge is 0.452 e. The van der Waals surface area contributed by atoms with E-state index in [0.29, 0.717) is 5.56 Å². The molecular weight excluding hydrogens is 480 g/mol. The molecule has 1 amide bonds. The number of carbonyl (C=O) groups excluding carboxylic acids is 2. The van der Waals surface area contributed by atoms with E-state index in [2.05, 4.69) is 44.0 Å². The number of amides is 1. The van der Waals surface area contributed by atoms with Gasteiger partial charge < -0.3 is 20.0 Å². The van der Waals surface area contributed by atoms with Crippen LogP contribution in [0.4, 0.5) is 5.69 Å². The lowest BCUT2D eigenvalue weighted by Gasteiger charge is -2.44. The first-order valence-corrected chi connectivity index (χ1v) is 14.9. The van der Waals surface area contributed by atoms with Gasteiger partial charge in [-0.05, 0) is 42.8 Å². The number of nitrogens with one attached hydrogen (secondary N) is 1. The van der Waals surface area contributed by atoms with E-state index in [9.17, 15) is 29.4 Å². The molecule has 1 aromatic rings. The van der Waals surface area contributed by atoms with Crippen LogP contribution in [-0.4, -0.2) is 57.1 Å². The predicted octanol–water partition coefficient (Wildman–Crippen LogP) is 2.54. The van der Waals surface area contributed by atoms with Gasteiger partial charge in [-0.2, -0.15) is 4.79 Å². The van der Waals surface area contributed by atoms with E-state index in [1.807, 2.05) is 0 Å². The van der Waals surface area contributed by atoms with Gasteiger partial charge in [0.15, 0.2) is 8.32 Å². The van der Waals surface area contributed by atoms with Crippen LogP contribution in [0.2, 0.25) is 18.1 Å². The predicted molar refractivity (Wildman–Crippen MR) is 128 cm³/mol. The zero-order valence-corrected chi connectivity index (χ0v) is 21.9. The first kappa shape index (κ1) is 27.5. The number of β-lactam (4-membered cyclic amide) rings is 1. The van der Waals surface area contributed by atoms with Gasteiger partial charge in [-0.15, -0.1) is 0 Å². The Hall–Kier alpha value is -2.73. The number of nitrogens with zero attached hydrogens (tertiary/aromatic N) is 3. The van der Waals surface area contributed by atoms with Crippen molar-refractivity contribution in [1.82, 2.24) is 5.32 Å². The number of ether oxygens (including phenoxy) is 1. The van der Waals surface area contributed by atoms with Crippen molar-refractivity contribution >= 4 is 42.4 Å². The van der Waals surface area contributed by atoms with Crippen molar-refractivity contribution < 1.29 is 32.7 Å². The summed E-state index contributed by atoms with van der Waals surface area (Å²) in [6, 6.07) is 5.40. The molecule has 0 bridgehead atoms. The number of hydrogen-bond acceptors (Lipinski definition) is 7. The van der Waals surface area contributed by atoms with Crippen LogP contribution < -0.4 is 5.32 Å². The van der Waals surface area contributed by atoms with Crippen LogP contribution >= 0.6 is 0 Å². The Bertz CT molecular complexity index is 1030. The van der Waals surface area contributed by atoms with Gasteiger partial charge in [0.05, 0.1) is 27.7 Å². The molecule has 1 N–H and O–H groups in total. The molecule has 1 aliphatic heterocycles. The number of non-ortho nitro benzene ring substituents is 1. The lowest BCUT2D eigenvalue weighted by Crippen LogP contribution is -2.65. The number of benzene rings is 1. The summed E-state index contributed by atoms with van der Waals surface area (Å²) in [5.41, 5.74) is 9.17. The van der Waals surface area contributed by atoms with Gasteiger partial charge in [0, 0.05) is 12.1 Å². The fourth-order valence-electron chi connectivity index (χ4n) is 3.07. The average molecular weight is 511 g/mol. The highest BCUT2D eigenvalue weighted by atomic mass is 32.2. The van der Waals surface area contributed by atoms with E-state index in [1.165, 1.54) is 24.3 Å². The molecule has 0 saturated carbocycles. The third-order valence-electron chi connectivity index (χ3n) is 6.14. The van der Waals surface area contributed by atoms with Crippen LogP contribution in [0.5, 0.6) is 0 Å². The summed E-state index contributed by atoms with van der Waals surface area (Å²) in [4.78, 5) is 37.6. The summed E-state index contributed by atoms with van der Waals surface area (Å²) in [7, 11) is -3.94. The maximum atomic E-state index is 12.9. The number of esters is 1. The van der Waals surface area contributed by atoms with E-state index in [-0.39, 0.29) is 23.2 Å². The summed E-state index contributed by atoms with van der Waals surface area (Å²) < 4.78 is 24.2. The summed E-state index contributed by atoms with van der Waals surface area (Å²) in [5.74, 6) is -2.36. The third kappa shape index (κ3) is 6.44. The summed E-state index contributed by atoms with van der Waals surface area (Å²) >= 11 is 0. The highest BCUT2D eigenvalue weighted by Gasteiger charge is 2.50. The minimum absolute atomic E-state index is 0.0692. The monoisotopic (exact) mass is 510 g/mol. The molecule has 0 radical (unpaired) electrons. The second kappa shape index (κ2) is 10.7. The van der Waals surface area contributed by atoms with Crippen LogP contribution in [-0.2, 0) is 36.2 Å². The normalized spacial score (nSPS) is 19.8. The average Bonchev–Trinajstić information content (AvgIpc) is 2.72. The van der Waals surface area contributed by atoms with E-state index < -0.39 is 58.9 Å². The fourth-order valence-corrected chi connectivity index (χ4v) is 6.04. The molecule has 186 valence electrons. The lowest BCUT2D eigenvalue weighted by atomic mass is 9.96. The molecule has 0 spiro atoms. The maximum absolute atomic E-state index is 12.9. The van der Waals surface area contributed by atoms with Crippen molar-refractivity contribution in [3.05, 3.63) is 45.5 Å². The third-order valence-corrected chi connectivity index (χ3v) is 12.3. The van der Waals surface area contributed by atoms with Crippen molar-refractivity contribution in [1.29, 1.82) is 0 Å². The second-order valence-corrected chi connectivity index (χ2v) is 15.9. The number of carbonyl (C=O) groups is 2. The molecule has 13 heteroatoms. The molecule has 1 saturated heterocycles. The van der Waals surface area contributed by atoms with E-state index in [1.54, 1.807) is 6.92 Å². The maximum Gasteiger partial charge on any atom is 0.418 e. The minimum Gasteiger partial charge on any atom is -0.452 e. The molecule has 1 heterocycles. The van der Waals surface area contributed by atoms with Crippen molar-refractivity contribution in [3.8, 4) is 0 Å². The number of hydrogen-bond donors (Lipinski definition) is 1. The number of rotatable bonds is 10. The topological polar surface area (TPSA) is 161 Å². The van der Waals surface area contributed by atoms with E-state index in [0.717, 1.165) is 0 Å². The molecular formula is C21H30N4O7SSi. The van der Waals surface area contributed by atoms with Crippen LogP contribution in [0.15, 0.2) is 24.3 Å². The molecule has 1 aromatic carbocycles. The van der Waals surface area contributed by atoms with E-state index in [4.69, 9.17) is 9.16 Å². The Kier molecular flexibility index (Phi) is 8.64. The highest BCUT2D eigenvalue weighted by molar-refractivity contribution is 7.86. The first-order chi connectivity index (χ1) is 15.7. The zero-order valence-electron chi connectivity index (χ0n) is 20.1. The Labute approximate surface area is 201 Å². The van der Waals surface area contributed by atoms with Crippen LogP contribution in [0.3, 0.4) is 0 Å². The van der Waals surface area contributed by atoms with Gasteiger partial charge in [0.1, 0.15) is 17.7 Å². The van der Waals surface area contributed by atoms with Gasteiger partial charge in [-0.3, -0.25) is 19.1 Å². The zero-order chi connectivity index (χ0) is 25.8. The second-order valence-electron chi connectivity index (χ2n) is 9.61. The van der Waals surface area contributed by atoms with Crippen molar-refractivity contribution in [3.63, 3.8) is 0 Å². The van der Waals surface area contributed by atoms with Crippen LogP contribution in [0.25, 0.3) is 5.53 Å². The molecule has 1 unspecified atom stereocenters. The van der Waals surface area contributed by atoms with Crippen LogP contribution in [0, 0.1) is 16.0 Å². The summed E-state index contributed by atoms with van der Waals surface area (Å²) in [6.07, 6.45) is -0.479. The van der Waals surface area contributed by atoms with Crippen LogP contribution in [0.1, 0.15) is 33.3 Å². The van der Waals surface area contributed by atoms with Crippen molar-refractivity contribution in [2.45, 2.75) is 63.9 Å². The quantitative estimate of drug-likeness (QED) is 0.0739. The molecule has 0 aliphatic carbocycles. The van der Waals surface area contributed by atoms with Gasteiger partial charge in [-0.25, -0.2) is 4.79 Å². The molecule has 4 atom stereocenters. The summed E-state index contributed by atoms with van der Waals surface area (Å²) in [5, 5.41) is 12.5. The van der Waals surface area contributed by atoms with Gasteiger partial charge >= 0.3 is 11.7 Å². The molecule has 1 aliphatic rings. The number of nitro benzene ring substituents is 1. The number of nitro groups is 1. The standard InChI is InChI=1S/C21H30N4O7SSi/c1-13(32-34(5,6)21(2,3)4)17-18(26)23-19(17)33(30)12-16(24-22)20(27)31-11-14-7-9-15(10-8-14)25(28)29/h7-10,13,17,19H,11-12H2,1-6H3,(H,23,26)/t13-,17+,19-,33?/m1/s1. The smallest absolute Gasteiger partial charge is 0.418 e. The fraction of sp³-hybridized carbons (Fsp3) is 0.571. The Morgan fingerprint density at radius 1 is 1.32 bits per heavy atom. The SMILES string of the molecule is C[C@@H](O[Si](C)(C)C(C)(C)C)[C@H]1C(=O)N[C@@H]1S(=O)CC(=[N+]=[N-])C(=O)OCc1ccc([N+](=O)[O-])cc1. The Morgan fingerprint density at radius 3 is 2.38 bits per heavy atom. The molecule has 11 nitrogen and oxygen atoms in total. The molecule has 2 rings (SSSR count). The Morgan fingerprint density at radius 2 is 1.91 bits per heavy atom. The molecule has 1 fully saturated rings. The lowest BCUT2D eigenvalue weighted by molar-refractivity contribution is -0.384. The van der Waals surface area contributed by atoms with Gasteiger partial charge in [0.2, 0.25) is 5.91 Å². The Balaban J connectivity index is 1.98.